The van der Waals surface area contributed by atoms with Crippen LogP contribution in [0.5, 0.6) is 5.75 Å². The van der Waals surface area contributed by atoms with E-state index >= 15 is 0 Å². The van der Waals surface area contributed by atoms with Gasteiger partial charge in [-0.2, -0.15) is 0 Å². The van der Waals surface area contributed by atoms with Crippen LogP contribution < -0.4 is 10.1 Å². The number of methoxy groups -OCH3 is 1. The zero-order chi connectivity index (χ0) is 13.7. The number of likely N-dealkylation sites (N-methyl/N-ethyl adjacent to an activating group) is 1. The van der Waals surface area contributed by atoms with E-state index in [0.717, 1.165) is 13.1 Å². The van der Waals surface area contributed by atoms with Crippen LogP contribution in [0.3, 0.4) is 0 Å². The first kappa shape index (κ1) is 13.8. The van der Waals surface area contributed by atoms with E-state index in [9.17, 15) is 0 Å². The zero-order valence-electron chi connectivity index (χ0n) is 10.9. The normalized spacial score (nSPS) is 10.7. The van der Waals surface area contributed by atoms with Crippen molar-refractivity contribution in [1.29, 1.82) is 0 Å². The van der Waals surface area contributed by atoms with Crippen molar-refractivity contribution in [2.24, 2.45) is 0 Å². The van der Waals surface area contributed by atoms with E-state index in [1.165, 1.54) is 0 Å². The van der Waals surface area contributed by atoms with Gasteiger partial charge in [-0.1, -0.05) is 18.5 Å². The first-order chi connectivity index (χ1) is 9.24. The van der Waals surface area contributed by atoms with Gasteiger partial charge in [-0.05, 0) is 24.7 Å². The van der Waals surface area contributed by atoms with Crippen LogP contribution in [-0.4, -0.2) is 30.4 Å². The number of hydrogen-bond donors (Lipinski definition) is 1. The molecule has 2 rings (SSSR count). The highest BCUT2D eigenvalue weighted by Gasteiger charge is 2.13. The quantitative estimate of drug-likeness (QED) is 0.825. The molecule has 0 radical (unpaired) electrons. The molecule has 0 aliphatic heterocycles. The van der Waals surface area contributed by atoms with Gasteiger partial charge in [-0.15, -0.1) is 10.2 Å². The van der Waals surface area contributed by atoms with Gasteiger partial charge in [-0.25, -0.2) is 0 Å². The average Bonchev–Trinajstić information content (AvgIpc) is 2.88. The molecule has 0 fully saturated rings. The van der Waals surface area contributed by atoms with E-state index in [2.05, 4.69) is 22.4 Å². The molecular weight excluding hydrogens is 266 g/mol. The van der Waals surface area contributed by atoms with Crippen molar-refractivity contribution in [3.8, 4) is 17.2 Å². The number of benzene rings is 1. The van der Waals surface area contributed by atoms with Crippen LogP contribution in [0.15, 0.2) is 22.6 Å². The Bertz CT molecular complexity index is 542. The van der Waals surface area contributed by atoms with Crippen LogP contribution in [0, 0.1) is 0 Å². The third-order valence-electron chi connectivity index (χ3n) is 2.62. The van der Waals surface area contributed by atoms with Gasteiger partial charge in [0.1, 0.15) is 5.75 Å². The summed E-state index contributed by atoms with van der Waals surface area (Å²) in [6.07, 6.45) is 0.698. The second kappa shape index (κ2) is 6.54. The van der Waals surface area contributed by atoms with Crippen molar-refractivity contribution >= 4 is 11.6 Å². The smallest absolute Gasteiger partial charge is 0.251 e. The van der Waals surface area contributed by atoms with Gasteiger partial charge in [0.2, 0.25) is 5.89 Å². The van der Waals surface area contributed by atoms with Crippen LogP contribution in [0.1, 0.15) is 12.8 Å². The predicted octanol–water partition coefficient (Wildman–Crippen LogP) is 2.55. The number of hydrogen-bond acceptors (Lipinski definition) is 5. The van der Waals surface area contributed by atoms with E-state index in [1.54, 1.807) is 25.3 Å². The van der Waals surface area contributed by atoms with Crippen molar-refractivity contribution < 1.29 is 9.15 Å². The minimum atomic E-state index is 0.422. The molecule has 1 aromatic carbocycles. The monoisotopic (exact) mass is 281 g/mol. The average molecular weight is 282 g/mol. The summed E-state index contributed by atoms with van der Waals surface area (Å²) in [4.78, 5) is 0. The summed E-state index contributed by atoms with van der Waals surface area (Å²) in [6, 6.07) is 5.29. The topological polar surface area (TPSA) is 60.2 Å². The lowest BCUT2D eigenvalue weighted by atomic mass is 10.2. The molecule has 5 nitrogen and oxygen atoms in total. The molecule has 1 N–H and O–H groups in total. The molecule has 0 saturated carbocycles. The molecule has 0 bridgehead atoms. The SMILES string of the molecule is CCNCCc1nnc(-c2cc(Cl)ccc2OC)o1. The highest BCUT2D eigenvalue weighted by Crippen LogP contribution is 2.31. The fourth-order valence-electron chi connectivity index (χ4n) is 1.68. The van der Waals surface area contributed by atoms with Gasteiger partial charge >= 0.3 is 0 Å². The molecule has 102 valence electrons. The van der Waals surface area contributed by atoms with Crippen molar-refractivity contribution in [3.63, 3.8) is 0 Å². The molecule has 2 aromatic rings. The maximum absolute atomic E-state index is 5.98. The molecule has 0 amide bonds. The first-order valence-corrected chi connectivity index (χ1v) is 6.49. The molecule has 0 spiro atoms. The predicted molar refractivity (Wildman–Crippen MR) is 73.5 cm³/mol. The molecule has 0 atom stereocenters. The minimum Gasteiger partial charge on any atom is -0.496 e. The van der Waals surface area contributed by atoms with Gasteiger partial charge in [0, 0.05) is 18.0 Å². The third-order valence-corrected chi connectivity index (χ3v) is 2.86. The number of nitrogens with zero attached hydrogens (tertiary/aromatic N) is 2. The molecule has 19 heavy (non-hydrogen) atoms. The molecule has 0 aliphatic rings. The summed E-state index contributed by atoms with van der Waals surface area (Å²) in [7, 11) is 1.59. The molecule has 0 saturated heterocycles. The number of nitrogens with one attached hydrogen (secondary N) is 1. The van der Waals surface area contributed by atoms with Crippen molar-refractivity contribution in [1.82, 2.24) is 15.5 Å². The summed E-state index contributed by atoms with van der Waals surface area (Å²) in [6.45, 7) is 3.78. The van der Waals surface area contributed by atoms with E-state index < -0.39 is 0 Å². The Balaban J connectivity index is 2.20. The van der Waals surface area contributed by atoms with Gasteiger partial charge in [-0.3, -0.25) is 0 Å². The summed E-state index contributed by atoms with van der Waals surface area (Å²) in [5, 5.41) is 11.8. The summed E-state index contributed by atoms with van der Waals surface area (Å²) < 4.78 is 10.9. The number of halogens is 1. The highest BCUT2D eigenvalue weighted by molar-refractivity contribution is 6.30. The Morgan fingerprint density at radius 2 is 2.21 bits per heavy atom. The van der Waals surface area contributed by atoms with E-state index in [0.29, 0.717) is 34.5 Å². The molecule has 6 heteroatoms. The van der Waals surface area contributed by atoms with Gasteiger partial charge < -0.3 is 14.5 Å². The largest absolute Gasteiger partial charge is 0.496 e. The van der Waals surface area contributed by atoms with Crippen LogP contribution in [-0.2, 0) is 6.42 Å². The summed E-state index contributed by atoms with van der Waals surface area (Å²) >= 11 is 5.98. The maximum Gasteiger partial charge on any atom is 0.251 e. The Kier molecular flexibility index (Phi) is 4.76. The minimum absolute atomic E-state index is 0.422. The van der Waals surface area contributed by atoms with Crippen molar-refractivity contribution in [2.45, 2.75) is 13.3 Å². The van der Waals surface area contributed by atoms with Crippen LogP contribution in [0.2, 0.25) is 5.02 Å². The van der Waals surface area contributed by atoms with Gasteiger partial charge in [0.05, 0.1) is 12.7 Å². The van der Waals surface area contributed by atoms with Crippen molar-refractivity contribution in [3.05, 3.63) is 29.1 Å². The maximum atomic E-state index is 5.98. The highest BCUT2D eigenvalue weighted by atomic mass is 35.5. The lowest BCUT2D eigenvalue weighted by molar-refractivity contribution is 0.413. The fourth-order valence-corrected chi connectivity index (χ4v) is 1.86. The second-order valence-electron chi connectivity index (χ2n) is 3.95. The van der Waals surface area contributed by atoms with E-state index in [-0.39, 0.29) is 0 Å². The van der Waals surface area contributed by atoms with Crippen LogP contribution in [0.25, 0.3) is 11.5 Å². The Labute approximate surface area is 116 Å². The number of aromatic nitrogens is 2. The van der Waals surface area contributed by atoms with E-state index in [4.69, 9.17) is 20.8 Å². The summed E-state index contributed by atoms with van der Waals surface area (Å²) in [5.74, 6) is 1.68. The summed E-state index contributed by atoms with van der Waals surface area (Å²) in [5.41, 5.74) is 0.706. The van der Waals surface area contributed by atoms with Gasteiger partial charge in [0.25, 0.3) is 5.89 Å². The third kappa shape index (κ3) is 3.45. The Hall–Kier alpha value is -1.59. The first-order valence-electron chi connectivity index (χ1n) is 6.11. The van der Waals surface area contributed by atoms with Crippen LogP contribution in [0.4, 0.5) is 0 Å². The standard InChI is InChI=1S/C13H16ClN3O2/c1-3-15-7-6-12-16-17-13(19-12)10-8-9(14)4-5-11(10)18-2/h4-5,8,15H,3,6-7H2,1-2H3. The fraction of sp³-hybridized carbons (Fsp3) is 0.385. The number of ether oxygens (including phenoxy) is 1. The lowest BCUT2D eigenvalue weighted by Crippen LogP contribution is -2.16. The molecule has 0 unspecified atom stereocenters. The van der Waals surface area contributed by atoms with Crippen LogP contribution >= 0.6 is 11.6 Å². The lowest BCUT2D eigenvalue weighted by Gasteiger charge is -2.04. The Morgan fingerprint density at radius 3 is 2.95 bits per heavy atom. The van der Waals surface area contributed by atoms with Gasteiger partial charge in [0.15, 0.2) is 0 Å². The second-order valence-corrected chi connectivity index (χ2v) is 4.39. The molecule has 0 aliphatic carbocycles. The zero-order valence-corrected chi connectivity index (χ0v) is 11.7. The number of rotatable bonds is 6. The van der Waals surface area contributed by atoms with E-state index in [1.807, 2.05) is 0 Å². The molecule has 1 aromatic heterocycles. The molecular formula is C13H16ClN3O2. The Morgan fingerprint density at radius 1 is 1.37 bits per heavy atom. The van der Waals surface area contributed by atoms with Crippen molar-refractivity contribution in [2.75, 3.05) is 20.2 Å². The molecule has 1 heterocycles.